The van der Waals surface area contributed by atoms with Crippen LogP contribution < -0.4 is 10.2 Å². The van der Waals surface area contributed by atoms with Crippen molar-refractivity contribution < 1.29 is 26.7 Å². The number of alkyl halides is 3. The molecule has 1 heterocycles. The minimum atomic E-state index is -4.51. The first-order valence-corrected chi connectivity index (χ1v) is 10.6. The first-order chi connectivity index (χ1) is 16.1. The molecule has 0 spiro atoms. The topological polar surface area (TPSA) is 45.2 Å². The molecule has 0 saturated carbocycles. The third-order valence-corrected chi connectivity index (χ3v) is 5.42. The van der Waals surface area contributed by atoms with E-state index in [9.17, 15) is 26.7 Å². The number of halogens is 5. The molecule has 2 aromatic carbocycles. The van der Waals surface area contributed by atoms with Crippen LogP contribution in [-0.2, 0) is 17.4 Å². The predicted octanol–water partition coefficient (Wildman–Crippen LogP) is 5.61. The second kappa shape index (κ2) is 10.6. The van der Waals surface area contributed by atoms with Crippen molar-refractivity contribution >= 4 is 11.6 Å². The van der Waals surface area contributed by atoms with E-state index in [0.717, 1.165) is 6.07 Å². The van der Waals surface area contributed by atoms with E-state index < -0.39 is 29.5 Å². The Bertz CT molecular complexity index is 1130. The van der Waals surface area contributed by atoms with Crippen molar-refractivity contribution in [3.63, 3.8) is 0 Å². The second-order valence-electron chi connectivity index (χ2n) is 7.85. The number of carbonyl (C=O) groups excluding carboxylic acids is 1. The van der Waals surface area contributed by atoms with Crippen LogP contribution in [0.2, 0.25) is 0 Å². The fraction of sp³-hybridized carbons (Fsp3) is 0.280. The van der Waals surface area contributed by atoms with Crippen molar-refractivity contribution in [3.05, 3.63) is 94.8 Å². The maximum absolute atomic E-state index is 14.0. The van der Waals surface area contributed by atoms with Crippen molar-refractivity contribution in [2.45, 2.75) is 32.0 Å². The van der Waals surface area contributed by atoms with E-state index in [2.05, 4.69) is 10.3 Å². The van der Waals surface area contributed by atoms with Gasteiger partial charge < -0.3 is 10.2 Å². The first kappa shape index (κ1) is 25.1. The van der Waals surface area contributed by atoms with Crippen LogP contribution in [0.5, 0.6) is 0 Å². The van der Waals surface area contributed by atoms with Crippen molar-refractivity contribution in [1.29, 1.82) is 0 Å². The number of aromatic nitrogens is 1. The molecule has 34 heavy (non-hydrogen) atoms. The number of anilines is 1. The summed E-state index contributed by atoms with van der Waals surface area (Å²) in [4.78, 5) is 18.1. The second-order valence-corrected chi connectivity index (χ2v) is 7.85. The Morgan fingerprint density at radius 3 is 2.44 bits per heavy atom. The molecule has 1 amide bonds. The number of benzene rings is 2. The summed E-state index contributed by atoms with van der Waals surface area (Å²) < 4.78 is 66.2. The van der Waals surface area contributed by atoms with Gasteiger partial charge in [-0.15, -0.1) is 0 Å². The van der Waals surface area contributed by atoms with E-state index in [-0.39, 0.29) is 5.91 Å². The van der Waals surface area contributed by atoms with Gasteiger partial charge in [0.2, 0.25) is 5.91 Å². The minimum absolute atomic E-state index is 0.292. The highest BCUT2D eigenvalue weighted by atomic mass is 19.4. The van der Waals surface area contributed by atoms with Crippen molar-refractivity contribution in [2.24, 2.45) is 0 Å². The highest BCUT2D eigenvalue weighted by Gasteiger charge is 2.32. The predicted molar refractivity (Wildman–Crippen MR) is 119 cm³/mol. The van der Waals surface area contributed by atoms with Crippen LogP contribution in [0, 0.1) is 18.6 Å². The number of likely N-dealkylation sites (N-methyl/N-ethyl adjacent to an activating group) is 1. The Hall–Kier alpha value is -3.49. The highest BCUT2D eigenvalue weighted by Crippen LogP contribution is 2.30. The van der Waals surface area contributed by atoms with E-state index >= 15 is 0 Å². The lowest BCUT2D eigenvalue weighted by atomic mass is 10.0. The molecule has 1 aromatic heterocycles. The van der Waals surface area contributed by atoms with Crippen LogP contribution in [0.25, 0.3) is 0 Å². The third-order valence-electron chi connectivity index (χ3n) is 5.42. The zero-order valence-electron chi connectivity index (χ0n) is 18.7. The lowest BCUT2D eigenvalue weighted by Gasteiger charge is -2.33. The van der Waals surface area contributed by atoms with Gasteiger partial charge in [-0.1, -0.05) is 18.2 Å². The monoisotopic (exact) mass is 477 g/mol. The number of pyridine rings is 1. The average Bonchev–Trinajstić information content (AvgIpc) is 2.80. The molecule has 1 unspecified atom stereocenters. The summed E-state index contributed by atoms with van der Waals surface area (Å²) in [6, 6.07) is 11.5. The molecule has 180 valence electrons. The molecule has 3 aromatic rings. The Morgan fingerprint density at radius 1 is 1.09 bits per heavy atom. The van der Waals surface area contributed by atoms with Gasteiger partial charge >= 0.3 is 6.18 Å². The number of hydrogen-bond donors (Lipinski definition) is 1. The van der Waals surface area contributed by atoms with E-state index in [0.29, 0.717) is 41.8 Å². The number of nitrogens with one attached hydrogen (secondary N) is 1. The summed E-state index contributed by atoms with van der Waals surface area (Å²) in [5.74, 6) is -1.29. The van der Waals surface area contributed by atoms with Crippen molar-refractivity contribution in [2.75, 3.05) is 18.5 Å². The molecule has 0 aliphatic heterocycles. The molecule has 0 fully saturated rings. The van der Waals surface area contributed by atoms with Gasteiger partial charge in [-0.3, -0.25) is 9.78 Å². The quantitative estimate of drug-likeness (QED) is 0.429. The van der Waals surface area contributed by atoms with E-state index in [1.165, 1.54) is 49.6 Å². The van der Waals surface area contributed by atoms with Gasteiger partial charge in [0.1, 0.15) is 23.4 Å². The fourth-order valence-corrected chi connectivity index (χ4v) is 3.69. The summed E-state index contributed by atoms with van der Waals surface area (Å²) in [6.45, 7) is 1.89. The lowest BCUT2D eigenvalue weighted by molar-refractivity contribution is -0.141. The number of hydrogen-bond acceptors (Lipinski definition) is 3. The fourth-order valence-electron chi connectivity index (χ4n) is 3.69. The van der Waals surface area contributed by atoms with Gasteiger partial charge in [0.05, 0.1) is 0 Å². The molecule has 1 atom stereocenters. The summed E-state index contributed by atoms with van der Waals surface area (Å²) >= 11 is 0. The highest BCUT2D eigenvalue weighted by molar-refractivity contribution is 5.86. The van der Waals surface area contributed by atoms with Gasteiger partial charge in [-0.2, -0.15) is 13.2 Å². The lowest BCUT2D eigenvalue weighted by Crippen LogP contribution is -2.40. The van der Waals surface area contributed by atoms with Crippen molar-refractivity contribution in [3.8, 4) is 0 Å². The van der Waals surface area contributed by atoms with Crippen LogP contribution in [0.4, 0.5) is 27.6 Å². The van der Waals surface area contributed by atoms with E-state index in [1.54, 1.807) is 24.0 Å². The molecule has 3 rings (SSSR count). The zero-order valence-corrected chi connectivity index (χ0v) is 18.7. The molecular formula is C25H24F5N3O. The first-order valence-electron chi connectivity index (χ1n) is 10.6. The Labute approximate surface area is 194 Å². The molecule has 9 heteroatoms. The van der Waals surface area contributed by atoms with Crippen LogP contribution in [-0.4, -0.2) is 24.5 Å². The summed E-state index contributed by atoms with van der Waals surface area (Å²) in [6.07, 6.45) is -2.49. The van der Waals surface area contributed by atoms with Gasteiger partial charge in [-0.25, -0.2) is 8.78 Å². The molecule has 4 nitrogen and oxygen atoms in total. The largest absolute Gasteiger partial charge is 0.433 e. The number of amides is 1. The maximum atomic E-state index is 14.0. The summed E-state index contributed by atoms with van der Waals surface area (Å²) in [5, 5.41) is 2.59. The summed E-state index contributed by atoms with van der Waals surface area (Å²) in [7, 11) is 1.47. The van der Waals surface area contributed by atoms with E-state index in [1.807, 2.05) is 0 Å². The number of rotatable bonds is 8. The van der Waals surface area contributed by atoms with Crippen LogP contribution >= 0.6 is 0 Å². The SMILES string of the molecule is CNC(=O)C(c1cccc(F)c1)N(CCCc1ccc(C(F)(F)F)nc1)c1ccc(F)c(C)c1. The zero-order chi connectivity index (χ0) is 24.9. The van der Waals surface area contributed by atoms with Crippen LogP contribution in [0.3, 0.4) is 0 Å². The number of carbonyl (C=O) groups is 1. The van der Waals surface area contributed by atoms with Crippen LogP contribution in [0.15, 0.2) is 60.8 Å². The Morgan fingerprint density at radius 2 is 1.85 bits per heavy atom. The molecule has 0 saturated heterocycles. The van der Waals surface area contributed by atoms with Crippen LogP contribution in [0.1, 0.15) is 34.8 Å². The van der Waals surface area contributed by atoms with Crippen molar-refractivity contribution in [1.82, 2.24) is 10.3 Å². The molecular weight excluding hydrogens is 453 g/mol. The normalized spacial score (nSPS) is 12.3. The molecule has 0 bridgehead atoms. The number of aryl methyl sites for hydroxylation is 2. The molecule has 0 aliphatic carbocycles. The molecule has 0 radical (unpaired) electrons. The molecule has 1 N–H and O–H groups in total. The molecule has 0 aliphatic rings. The third kappa shape index (κ3) is 6.09. The Balaban J connectivity index is 1.90. The van der Waals surface area contributed by atoms with Gasteiger partial charge in [0, 0.05) is 25.5 Å². The standard InChI is InChI=1S/C25H24F5N3O/c1-16-13-20(9-10-21(16)27)33(23(24(34)31-2)18-6-3-7-19(26)14-18)12-4-5-17-8-11-22(32-15-17)25(28,29)30/h3,6-11,13-15,23H,4-5,12H2,1-2H3,(H,31,34). The maximum Gasteiger partial charge on any atom is 0.433 e. The Kier molecular flexibility index (Phi) is 7.86. The van der Waals surface area contributed by atoms with Gasteiger partial charge in [0.15, 0.2) is 0 Å². The van der Waals surface area contributed by atoms with Gasteiger partial charge in [-0.05, 0) is 72.9 Å². The summed E-state index contributed by atoms with van der Waals surface area (Å²) in [5.41, 5.74) is 0.986. The number of nitrogens with zero attached hydrogens (tertiary/aromatic N) is 2. The average molecular weight is 477 g/mol. The smallest absolute Gasteiger partial charge is 0.357 e. The minimum Gasteiger partial charge on any atom is -0.357 e. The van der Waals surface area contributed by atoms with Gasteiger partial charge in [0.25, 0.3) is 0 Å². The van der Waals surface area contributed by atoms with E-state index in [4.69, 9.17) is 0 Å².